The standard InChI is InChI=1S/C10H15ClN2O3S/c1-6-3-8(11)10(4-9(6)12)17(15,16)13-5-7(2)14/h3-4,7,13-14H,5,12H2,1-2H3/t7-/m0/s1. The van der Waals surface area contributed by atoms with Gasteiger partial charge in [0.15, 0.2) is 0 Å². The molecule has 96 valence electrons. The van der Waals surface area contributed by atoms with Gasteiger partial charge in [0.25, 0.3) is 0 Å². The highest BCUT2D eigenvalue weighted by Gasteiger charge is 2.19. The number of aryl methyl sites for hydroxylation is 1. The van der Waals surface area contributed by atoms with Crippen molar-refractivity contribution in [3.63, 3.8) is 0 Å². The molecule has 0 aromatic heterocycles. The van der Waals surface area contributed by atoms with E-state index in [1.54, 1.807) is 6.92 Å². The number of hydrogen-bond donors (Lipinski definition) is 3. The Morgan fingerprint density at radius 3 is 2.65 bits per heavy atom. The van der Waals surface area contributed by atoms with Gasteiger partial charge in [-0.25, -0.2) is 13.1 Å². The zero-order chi connectivity index (χ0) is 13.2. The molecule has 1 atom stereocenters. The van der Waals surface area contributed by atoms with Crippen molar-refractivity contribution in [1.82, 2.24) is 4.72 Å². The molecule has 0 radical (unpaired) electrons. The Hall–Kier alpha value is -0.820. The molecule has 5 nitrogen and oxygen atoms in total. The van der Waals surface area contributed by atoms with Gasteiger partial charge in [0, 0.05) is 12.2 Å². The van der Waals surface area contributed by atoms with Crippen LogP contribution in [0.4, 0.5) is 5.69 Å². The Morgan fingerprint density at radius 2 is 2.12 bits per heavy atom. The number of halogens is 1. The number of nitrogen functional groups attached to an aromatic ring is 1. The summed E-state index contributed by atoms with van der Waals surface area (Å²) in [6.07, 6.45) is -0.772. The molecule has 0 heterocycles. The first-order valence-corrected chi connectivity index (χ1v) is 6.83. The fourth-order valence-corrected chi connectivity index (χ4v) is 2.92. The summed E-state index contributed by atoms with van der Waals surface area (Å²) in [6, 6.07) is 2.80. The summed E-state index contributed by atoms with van der Waals surface area (Å²) in [5.41, 5.74) is 6.71. The molecule has 0 saturated heterocycles. The average Bonchev–Trinajstić information content (AvgIpc) is 2.20. The minimum Gasteiger partial charge on any atom is -0.398 e. The zero-order valence-electron chi connectivity index (χ0n) is 9.57. The van der Waals surface area contributed by atoms with Crippen LogP contribution in [-0.2, 0) is 10.0 Å². The molecule has 0 aliphatic carbocycles. The second-order valence-corrected chi connectivity index (χ2v) is 5.98. The number of benzene rings is 1. The molecule has 1 aromatic carbocycles. The van der Waals surface area contributed by atoms with Crippen molar-refractivity contribution in [3.8, 4) is 0 Å². The molecule has 0 bridgehead atoms. The molecular formula is C10H15ClN2O3S. The maximum Gasteiger partial charge on any atom is 0.242 e. The van der Waals surface area contributed by atoms with Gasteiger partial charge in [0.1, 0.15) is 4.90 Å². The third-order valence-corrected chi connectivity index (χ3v) is 4.07. The first-order chi connectivity index (χ1) is 7.74. The molecule has 0 fully saturated rings. The molecule has 0 unspecified atom stereocenters. The topological polar surface area (TPSA) is 92.4 Å². The van der Waals surface area contributed by atoms with Gasteiger partial charge in [0.2, 0.25) is 10.0 Å². The van der Waals surface area contributed by atoms with Crippen molar-refractivity contribution in [2.75, 3.05) is 12.3 Å². The Labute approximate surface area is 106 Å². The van der Waals surface area contributed by atoms with Crippen molar-refractivity contribution in [3.05, 3.63) is 22.7 Å². The van der Waals surface area contributed by atoms with Crippen LogP contribution in [0.2, 0.25) is 5.02 Å². The van der Waals surface area contributed by atoms with Crippen LogP contribution in [0, 0.1) is 6.92 Å². The third-order valence-electron chi connectivity index (χ3n) is 2.18. The number of hydrogen-bond acceptors (Lipinski definition) is 4. The molecule has 0 aliphatic rings. The number of rotatable bonds is 4. The van der Waals surface area contributed by atoms with Gasteiger partial charge < -0.3 is 10.8 Å². The minimum atomic E-state index is -3.75. The SMILES string of the molecule is Cc1cc(Cl)c(S(=O)(=O)NC[C@H](C)O)cc1N. The van der Waals surface area contributed by atoms with Crippen LogP contribution in [0.15, 0.2) is 17.0 Å². The van der Waals surface area contributed by atoms with Gasteiger partial charge >= 0.3 is 0 Å². The van der Waals surface area contributed by atoms with E-state index in [0.717, 1.165) is 0 Å². The van der Waals surface area contributed by atoms with E-state index in [0.29, 0.717) is 11.3 Å². The van der Waals surface area contributed by atoms with Gasteiger partial charge in [-0.05, 0) is 31.5 Å². The monoisotopic (exact) mass is 278 g/mol. The maximum atomic E-state index is 11.9. The van der Waals surface area contributed by atoms with Gasteiger partial charge in [0.05, 0.1) is 11.1 Å². The lowest BCUT2D eigenvalue weighted by molar-refractivity contribution is 0.198. The lowest BCUT2D eigenvalue weighted by Gasteiger charge is -2.11. The molecular weight excluding hydrogens is 264 g/mol. The third kappa shape index (κ3) is 3.57. The summed E-state index contributed by atoms with van der Waals surface area (Å²) >= 11 is 5.86. The predicted molar refractivity (Wildman–Crippen MR) is 67.5 cm³/mol. The van der Waals surface area contributed by atoms with Crippen LogP contribution in [0.5, 0.6) is 0 Å². The minimum absolute atomic E-state index is 0.0769. The first kappa shape index (κ1) is 14.2. The maximum absolute atomic E-state index is 11.9. The predicted octanol–water partition coefficient (Wildman–Crippen LogP) is 0.890. The molecule has 0 saturated carbocycles. The molecule has 0 spiro atoms. The summed E-state index contributed by atoms with van der Waals surface area (Å²) in [5.74, 6) is 0. The lowest BCUT2D eigenvalue weighted by Crippen LogP contribution is -2.30. The Kier molecular flexibility index (Phi) is 4.37. The van der Waals surface area contributed by atoms with Crippen molar-refractivity contribution < 1.29 is 13.5 Å². The number of sulfonamides is 1. The fourth-order valence-electron chi connectivity index (χ4n) is 1.18. The highest BCUT2D eigenvalue weighted by atomic mass is 35.5. The van der Waals surface area contributed by atoms with Gasteiger partial charge in [-0.1, -0.05) is 11.6 Å². The van der Waals surface area contributed by atoms with Crippen LogP contribution >= 0.6 is 11.6 Å². The van der Waals surface area contributed by atoms with Gasteiger partial charge in [-0.3, -0.25) is 0 Å². The highest BCUT2D eigenvalue weighted by molar-refractivity contribution is 7.89. The number of aliphatic hydroxyl groups excluding tert-OH is 1. The first-order valence-electron chi connectivity index (χ1n) is 4.97. The second-order valence-electron chi connectivity index (χ2n) is 3.84. The highest BCUT2D eigenvalue weighted by Crippen LogP contribution is 2.26. The summed E-state index contributed by atoms with van der Waals surface area (Å²) in [7, 11) is -3.75. The van der Waals surface area contributed by atoms with Crippen molar-refractivity contribution >= 4 is 27.3 Å². The smallest absolute Gasteiger partial charge is 0.242 e. The molecule has 1 aromatic rings. The molecule has 1 rings (SSSR count). The molecule has 0 aliphatic heterocycles. The molecule has 17 heavy (non-hydrogen) atoms. The van der Waals surface area contributed by atoms with Gasteiger partial charge in [-0.2, -0.15) is 0 Å². The lowest BCUT2D eigenvalue weighted by atomic mass is 10.2. The molecule has 7 heteroatoms. The van der Waals surface area contributed by atoms with E-state index in [9.17, 15) is 8.42 Å². The Balaban J connectivity index is 3.11. The molecule has 4 N–H and O–H groups in total. The Bertz CT molecular complexity index is 515. The van der Waals surface area contributed by atoms with Crippen molar-refractivity contribution in [1.29, 1.82) is 0 Å². The molecule has 0 amide bonds. The summed E-state index contributed by atoms with van der Waals surface area (Å²) in [4.78, 5) is -0.0806. The summed E-state index contributed by atoms with van der Waals surface area (Å²) < 4.78 is 26.0. The number of nitrogens with two attached hydrogens (primary N) is 1. The van der Waals surface area contributed by atoms with Crippen LogP contribution < -0.4 is 10.5 Å². The van der Waals surface area contributed by atoms with Crippen LogP contribution in [0.3, 0.4) is 0 Å². The van der Waals surface area contributed by atoms with Crippen molar-refractivity contribution in [2.45, 2.75) is 24.8 Å². The van der Waals surface area contributed by atoms with E-state index in [1.807, 2.05) is 0 Å². The van der Waals surface area contributed by atoms with Crippen molar-refractivity contribution in [2.24, 2.45) is 0 Å². The number of aliphatic hydroxyl groups is 1. The van der Waals surface area contributed by atoms with E-state index in [2.05, 4.69) is 4.72 Å². The van der Waals surface area contributed by atoms with Crippen LogP contribution in [-0.4, -0.2) is 26.2 Å². The fraction of sp³-hybridized carbons (Fsp3) is 0.400. The quantitative estimate of drug-likeness (QED) is 0.713. The Morgan fingerprint density at radius 1 is 1.53 bits per heavy atom. The summed E-state index contributed by atoms with van der Waals surface area (Å²) in [5, 5.41) is 9.15. The number of nitrogens with one attached hydrogen (secondary N) is 1. The second kappa shape index (κ2) is 5.22. The largest absolute Gasteiger partial charge is 0.398 e. The normalized spacial score (nSPS) is 13.6. The summed E-state index contributed by atoms with van der Waals surface area (Å²) in [6.45, 7) is 3.14. The van der Waals surface area contributed by atoms with E-state index in [-0.39, 0.29) is 16.5 Å². The average molecular weight is 279 g/mol. The van der Waals surface area contributed by atoms with E-state index < -0.39 is 16.1 Å². The van der Waals surface area contributed by atoms with Crippen LogP contribution in [0.25, 0.3) is 0 Å². The zero-order valence-corrected chi connectivity index (χ0v) is 11.1. The number of anilines is 1. The van der Waals surface area contributed by atoms with E-state index in [1.165, 1.54) is 19.1 Å². The van der Waals surface area contributed by atoms with E-state index >= 15 is 0 Å². The van der Waals surface area contributed by atoms with E-state index in [4.69, 9.17) is 22.4 Å². The van der Waals surface area contributed by atoms with Gasteiger partial charge in [-0.15, -0.1) is 0 Å². The van der Waals surface area contributed by atoms with Crippen LogP contribution in [0.1, 0.15) is 12.5 Å².